The van der Waals surface area contributed by atoms with Gasteiger partial charge in [-0.1, -0.05) is 0 Å². The van der Waals surface area contributed by atoms with Crippen molar-refractivity contribution in [1.29, 1.82) is 0 Å². The quantitative estimate of drug-likeness (QED) is 0.285. The lowest BCUT2D eigenvalue weighted by Gasteiger charge is -2.36. The average Bonchev–Trinajstić information content (AvgIpc) is 2.24. The highest BCUT2D eigenvalue weighted by atomic mass is 35.5. The molecule has 8 heteroatoms. The summed E-state index contributed by atoms with van der Waals surface area (Å²) < 4.78 is 0.259. The maximum atomic E-state index is 10.9. The molecule has 0 unspecified atom stereocenters. The van der Waals surface area contributed by atoms with Gasteiger partial charge < -0.3 is 20.0 Å². The van der Waals surface area contributed by atoms with Crippen molar-refractivity contribution in [2.45, 2.75) is 0 Å². The van der Waals surface area contributed by atoms with E-state index in [1.54, 1.807) is 0 Å². The third-order valence-electron chi connectivity index (χ3n) is 2.63. The van der Waals surface area contributed by atoms with Crippen molar-refractivity contribution in [3.05, 3.63) is 0 Å². The summed E-state index contributed by atoms with van der Waals surface area (Å²) in [7, 11) is 0. The van der Waals surface area contributed by atoms with Gasteiger partial charge in [-0.3, -0.25) is 4.79 Å². The first-order valence-corrected chi connectivity index (χ1v) is 6.64. The van der Waals surface area contributed by atoms with Crippen LogP contribution in [-0.2, 0) is 9.59 Å². The van der Waals surface area contributed by atoms with Gasteiger partial charge in [0.25, 0.3) is 0 Å². The molecule has 0 heterocycles. The van der Waals surface area contributed by atoms with Crippen molar-refractivity contribution in [3.63, 3.8) is 0 Å². The fraction of sp³-hybridized carbons (Fsp3) is 0.800. The number of aliphatic carboxylic acids is 2. The molecule has 106 valence electrons. The van der Waals surface area contributed by atoms with Crippen molar-refractivity contribution in [2.75, 3.05) is 51.0 Å². The molecular weight excluding hydrogens is 283 g/mol. The Morgan fingerprint density at radius 2 is 1.56 bits per heavy atom. The lowest BCUT2D eigenvalue weighted by Crippen LogP contribution is -2.56. The second-order valence-corrected chi connectivity index (χ2v) is 4.77. The number of hydrogen-bond donors (Lipinski definition) is 3. The zero-order chi connectivity index (χ0) is 14.0. The average molecular weight is 302 g/mol. The van der Waals surface area contributed by atoms with Crippen LogP contribution in [-0.4, -0.2) is 77.7 Å². The zero-order valence-corrected chi connectivity index (χ0v) is 11.6. The van der Waals surface area contributed by atoms with Crippen LogP contribution in [0.15, 0.2) is 0 Å². The largest absolute Gasteiger partial charge is 0.480 e. The Hall–Kier alpha value is -0.560. The lowest BCUT2D eigenvalue weighted by molar-refractivity contribution is -0.915. The number of nitrogens with one attached hydrogen (secondary N) is 1. The third-order valence-corrected chi connectivity index (χ3v) is 2.97. The Kier molecular flexibility index (Phi) is 9.09. The maximum absolute atomic E-state index is 10.9. The number of alkyl halides is 2. The number of hydrogen-bond acceptors (Lipinski definition) is 3. The van der Waals surface area contributed by atoms with E-state index in [0.717, 1.165) is 0 Å². The number of carbonyl (C=O) groups is 2. The van der Waals surface area contributed by atoms with Crippen molar-refractivity contribution >= 4 is 35.1 Å². The van der Waals surface area contributed by atoms with Gasteiger partial charge in [0.2, 0.25) is 0 Å². The molecule has 0 bridgehead atoms. The van der Waals surface area contributed by atoms with Crippen LogP contribution >= 0.6 is 23.2 Å². The smallest absolute Gasteiger partial charge is 0.359 e. The van der Waals surface area contributed by atoms with E-state index in [1.165, 1.54) is 0 Å². The summed E-state index contributed by atoms with van der Waals surface area (Å²) in [6.45, 7) is 1.68. The van der Waals surface area contributed by atoms with Crippen LogP contribution in [0.25, 0.3) is 0 Å². The lowest BCUT2D eigenvalue weighted by atomic mass is 10.3. The molecule has 0 aliphatic heterocycles. The van der Waals surface area contributed by atoms with Crippen LogP contribution in [0, 0.1) is 0 Å². The summed E-state index contributed by atoms with van der Waals surface area (Å²) in [5.74, 6) is -1.18. The predicted molar refractivity (Wildman–Crippen MR) is 69.3 cm³/mol. The molecule has 0 aromatic rings. The Bertz CT molecular complexity index is 271. The first kappa shape index (κ1) is 17.4. The maximum Gasteiger partial charge on any atom is 0.359 e. The second-order valence-electron chi connectivity index (χ2n) is 4.01. The second kappa shape index (κ2) is 9.38. The fourth-order valence-corrected chi connectivity index (χ4v) is 2.45. The molecule has 0 fully saturated rings. The van der Waals surface area contributed by atoms with Crippen LogP contribution in [0.3, 0.4) is 0 Å². The summed E-state index contributed by atoms with van der Waals surface area (Å²) in [5, 5.41) is 20.2. The van der Waals surface area contributed by atoms with Gasteiger partial charge >= 0.3 is 11.9 Å². The standard InChI is InChI=1S/C10H18Cl2N2O4/c11-1-4-14(5-2-12,8-10(17)18)6-3-13-7-9(15)16/h13H,1-8H2,(H-,15,16,17,18)/p+1. The number of rotatable bonds is 11. The Morgan fingerprint density at radius 3 is 1.94 bits per heavy atom. The third kappa shape index (κ3) is 7.71. The van der Waals surface area contributed by atoms with Crippen LogP contribution in [0.4, 0.5) is 0 Å². The summed E-state index contributed by atoms with van der Waals surface area (Å²) >= 11 is 11.4. The fourth-order valence-electron chi connectivity index (χ4n) is 1.73. The van der Waals surface area contributed by atoms with E-state index in [9.17, 15) is 9.59 Å². The van der Waals surface area contributed by atoms with Gasteiger partial charge in [-0.2, -0.15) is 0 Å². The highest BCUT2D eigenvalue weighted by Gasteiger charge is 2.29. The molecular formula is C10H19Cl2N2O4+. The van der Waals surface area contributed by atoms with E-state index in [4.69, 9.17) is 33.4 Å². The molecule has 0 saturated carbocycles. The monoisotopic (exact) mass is 301 g/mol. The van der Waals surface area contributed by atoms with E-state index >= 15 is 0 Å². The minimum absolute atomic E-state index is 0.0613. The van der Waals surface area contributed by atoms with Crippen molar-refractivity contribution in [2.24, 2.45) is 0 Å². The highest BCUT2D eigenvalue weighted by molar-refractivity contribution is 6.18. The number of quaternary nitrogens is 1. The van der Waals surface area contributed by atoms with Gasteiger partial charge in [0.15, 0.2) is 6.54 Å². The molecule has 6 nitrogen and oxygen atoms in total. The molecule has 0 amide bonds. The summed E-state index contributed by atoms with van der Waals surface area (Å²) in [4.78, 5) is 21.2. The van der Waals surface area contributed by atoms with E-state index in [0.29, 0.717) is 37.9 Å². The van der Waals surface area contributed by atoms with Crippen LogP contribution in [0.2, 0.25) is 0 Å². The molecule has 18 heavy (non-hydrogen) atoms. The molecule has 0 aliphatic rings. The molecule has 3 N–H and O–H groups in total. The molecule has 0 atom stereocenters. The van der Waals surface area contributed by atoms with Crippen LogP contribution in [0.5, 0.6) is 0 Å². The zero-order valence-electron chi connectivity index (χ0n) is 10.1. The molecule has 0 spiro atoms. The normalized spacial score (nSPS) is 11.4. The van der Waals surface area contributed by atoms with Gasteiger partial charge in [-0.25, -0.2) is 4.79 Å². The number of carboxylic acid groups (broad SMARTS) is 2. The Labute approximate surface area is 116 Å². The van der Waals surface area contributed by atoms with Gasteiger partial charge in [-0.05, 0) is 0 Å². The summed E-state index contributed by atoms with van der Waals surface area (Å²) in [6.07, 6.45) is 0. The molecule has 0 aromatic heterocycles. The molecule has 0 aliphatic carbocycles. The number of halogens is 2. The SMILES string of the molecule is O=C(O)CNCC[N+](CCCl)(CCCl)CC(=O)O. The van der Waals surface area contributed by atoms with Crippen molar-refractivity contribution < 1.29 is 24.3 Å². The predicted octanol–water partition coefficient (Wildman–Crippen LogP) is 0.0396. The van der Waals surface area contributed by atoms with Gasteiger partial charge in [-0.15, -0.1) is 23.2 Å². The van der Waals surface area contributed by atoms with Crippen molar-refractivity contribution in [3.8, 4) is 0 Å². The van der Waals surface area contributed by atoms with Gasteiger partial charge in [0.05, 0.1) is 37.9 Å². The first-order chi connectivity index (χ1) is 8.45. The molecule has 0 radical (unpaired) electrons. The Morgan fingerprint density at radius 1 is 1.00 bits per heavy atom. The van der Waals surface area contributed by atoms with E-state index in [1.807, 2.05) is 0 Å². The minimum atomic E-state index is -0.943. The van der Waals surface area contributed by atoms with Gasteiger partial charge in [0, 0.05) is 6.54 Å². The Balaban J connectivity index is 4.40. The van der Waals surface area contributed by atoms with Crippen LogP contribution in [0.1, 0.15) is 0 Å². The number of nitrogens with zero attached hydrogens (tertiary/aromatic N) is 1. The minimum Gasteiger partial charge on any atom is -0.480 e. The van der Waals surface area contributed by atoms with E-state index in [2.05, 4.69) is 5.32 Å². The molecule has 0 aromatic carbocycles. The first-order valence-electron chi connectivity index (χ1n) is 5.57. The summed E-state index contributed by atoms with van der Waals surface area (Å²) in [5.41, 5.74) is 0. The number of carboxylic acids is 2. The topological polar surface area (TPSA) is 86.6 Å². The van der Waals surface area contributed by atoms with E-state index in [-0.39, 0.29) is 17.6 Å². The van der Waals surface area contributed by atoms with Gasteiger partial charge in [0.1, 0.15) is 0 Å². The van der Waals surface area contributed by atoms with Crippen molar-refractivity contribution in [1.82, 2.24) is 5.32 Å². The molecule has 0 rings (SSSR count). The van der Waals surface area contributed by atoms with E-state index < -0.39 is 11.9 Å². The highest BCUT2D eigenvalue weighted by Crippen LogP contribution is 2.08. The summed E-state index contributed by atoms with van der Waals surface area (Å²) in [6, 6.07) is 0. The van der Waals surface area contributed by atoms with Crippen LogP contribution < -0.4 is 5.32 Å². The molecule has 0 saturated heterocycles.